The van der Waals surface area contributed by atoms with E-state index in [4.69, 9.17) is 0 Å². The standard InChI is InChI=1S/C26H36N4O3S/c1-2-34(32,33)30-14-12-24(13-15-30)26(31)27-25-10-8-23(9-11-25)21-29-18-16-28(17-19-29)20-22-6-4-3-5-7-22/h3-11,24H,2,12-21H2,1H3,(H,27,31). The average molecular weight is 485 g/mol. The molecule has 1 N–H and O–H groups in total. The predicted octanol–water partition coefficient (Wildman–Crippen LogP) is 3.00. The summed E-state index contributed by atoms with van der Waals surface area (Å²) >= 11 is 0. The highest BCUT2D eigenvalue weighted by atomic mass is 32.2. The third kappa shape index (κ3) is 6.66. The second-order valence-corrected chi connectivity index (χ2v) is 11.6. The van der Waals surface area contributed by atoms with Crippen molar-refractivity contribution in [3.8, 4) is 0 Å². The van der Waals surface area contributed by atoms with Gasteiger partial charge in [0, 0.05) is 64.0 Å². The second-order valence-electron chi connectivity index (χ2n) is 9.30. The van der Waals surface area contributed by atoms with Gasteiger partial charge in [-0.25, -0.2) is 12.7 Å². The molecule has 0 aliphatic carbocycles. The van der Waals surface area contributed by atoms with Crippen LogP contribution in [0.2, 0.25) is 0 Å². The number of piperazine rings is 1. The Balaban J connectivity index is 1.20. The van der Waals surface area contributed by atoms with Gasteiger partial charge in [0.2, 0.25) is 15.9 Å². The van der Waals surface area contributed by atoms with Gasteiger partial charge in [-0.1, -0.05) is 42.5 Å². The second kappa shape index (κ2) is 11.4. The van der Waals surface area contributed by atoms with Crippen LogP contribution in [0.15, 0.2) is 54.6 Å². The van der Waals surface area contributed by atoms with Crippen molar-refractivity contribution in [3.63, 3.8) is 0 Å². The first-order valence-electron chi connectivity index (χ1n) is 12.3. The van der Waals surface area contributed by atoms with E-state index in [0.717, 1.165) is 45.0 Å². The van der Waals surface area contributed by atoms with E-state index in [2.05, 4.69) is 57.6 Å². The van der Waals surface area contributed by atoms with E-state index in [1.54, 1.807) is 6.92 Å². The SMILES string of the molecule is CCS(=O)(=O)N1CCC(C(=O)Nc2ccc(CN3CCN(Cc4ccccc4)CC3)cc2)CC1. The number of rotatable bonds is 8. The van der Waals surface area contributed by atoms with Crippen LogP contribution < -0.4 is 5.32 Å². The number of sulfonamides is 1. The van der Waals surface area contributed by atoms with Gasteiger partial charge in [0.15, 0.2) is 0 Å². The van der Waals surface area contributed by atoms with Crippen molar-refractivity contribution in [3.05, 3.63) is 65.7 Å². The zero-order valence-electron chi connectivity index (χ0n) is 20.0. The number of carbonyl (C=O) groups is 1. The van der Waals surface area contributed by atoms with E-state index in [1.165, 1.54) is 15.4 Å². The Hall–Kier alpha value is -2.26. The van der Waals surface area contributed by atoms with Crippen LogP contribution >= 0.6 is 0 Å². The Bertz CT molecular complexity index is 1030. The van der Waals surface area contributed by atoms with E-state index in [-0.39, 0.29) is 17.6 Å². The first kappa shape index (κ1) is 24.9. The molecule has 2 heterocycles. The maximum atomic E-state index is 12.7. The van der Waals surface area contributed by atoms with Crippen molar-refractivity contribution in [2.24, 2.45) is 5.92 Å². The fourth-order valence-electron chi connectivity index (χ4n) is 4.72. The highest BCUT2D eigenvalue weighted by Crippen LogP contribution is 2.22. The highest BCUT2D eigenvalue weighted by molar-refractivity contribution is 7.89. The molecule has 7 nitrogen and oxygen atoms in total. The minimum atomic E-state index is -3.17. The van der Waals surface area contributed by atoms with Gasteiger partial charge in [-0.2, -0.15) is 0 Å². The molecule has 0 radical (unpaired) electrons. The number of anilines is 1. The molecule has 0 aromatic heterocycles. The molecule has 0 spiro atoms. The topological polar surface area (TPSA) is 73.0 Å². The van der Waals surface area contributed by atoms with Gasteiger partial charge < -0.3 is 5.32 Å². The minimum Gasteiger partial charge on any atom is -0.326 e. The third-order valence-electron chi connectivity index (χ3n) is 6.92. The van der Waals surface area contributed by atoms with Crippen molar-refractivity contribution in [2.45, 2.75) is 32.9 Å². The van der Waals surface area contributed by atoms with Gasteiger partial charge in [-0.3, -0.25) is 14.6 Å². The Morgan fingerprint density at radius 1 is 0.824 bits per heavy atom. The number of hydrogen-bond donors (Lipinski definition) is 1. The molecule has 0 saturated carbocycles. The van der Waals surface area contributed by atoms with Crippen LogP contribution in [0.25, 0.3) is 0 Å². The lowest BCUT2D eigenvalue weighted by molar-refractivity contribution is -0.120. The van der Waals surface area contributed by atoms with Crippen LogP contribution in [0.1, 0.15) is 30.9 Å². The molecule has 4 rings (SSSR count). The van der Waals surface area contributed by atoms with E-state index < -0.39 is 10.0 Å². The quantitative estimate of drug-likeness (QED) is 0.624. The van der Waals surface area contributed by atoms with Crippen LogP contribution in [0.5, 0.6) is 0 Å². The van der Waals surface area contributed by atoms with Gasteiger partial charge in [-0.15, -0.1) is 0 Å². The summed E-state index contributed by atoms with van der Waals surface area (Å²) in [7, 11) is -3.17. The largest absolute Gasteiger partial charge is 0.326 e. The molecule has 0 atom stereocenters. The molecule has 2 aromatic rings. The fourth-order valence-corrected chi connectivity index (χ4v) is 5.85. The normalized spacial score (nSPS) is 19.2. The van der Waals surface area contributed by atoms with Crippen LogP contribution in [0.4, 0.5) is 5.69 Å². The predicted molar refractivity (Wildman–Crippen MR) is 136 cm³/mol. The summed E-state index contributed by atoms with van der Waals surface area (Å²) in [6.07, 6.45) is 1.14. The highest BCUT2D eigenvalue weighted by Gasteiger charge is 2.30. The molecule has 184 valence electrons. The summed E-state index contributed by atoms with van der Waals surface area (Å²) in [4.78, 5) is 17.7. The Morgan fingerprint density at radius 3 is 1.88 bits per heavy atom. The number of amides is 1. The van der Waals surface area contributed by atoms with Crippen LogP contribution in [0.3, 0.4) is 0 Å². The summed E-state index contributed by atoms with van der Waals surface area (Å²) in [6, 6.07) is 18.7. The summed E-state index contributed by atoms with van der Waals surface area (Å²) < 4.78 is 25.5. The van der Waals surface area contributed by atoms with E-state index in [9.17, 15) is 13.2 Å². The molecule has 1 amide bonds. The maximum absolute atomic E-state index is 12.7. The first-order valence-corrected chi connectivity index (χ1v) is 13.9. The number of piperidine rings is 1. The summed E-state index contributed by atoms with van der Waals surface area (Å²) in [5.41, 5.74) is 3.41. The molecule has 2 aliphatic heterocycles. The van der Waals surface area contributed by atoms with Gasteiger partial charge in [0.1, 0.15) is 0 Å². The van der Waals surface area contributed by atoms with Gasteiger partial charge >= 0.3 is 0 Å². The number of nitrogens with one attached hydrogen (secondary N) is 1. The zero-order chi connectivity index (χ0) is 24.0. The minimum absolute atomic E-state index is 0.0177. The number of carbonyl (C=O) groups excluding carboxylic acids is 1. The van der Waals surface area contributed by atoms with E-state index >= 15 is 0 Å². The molecule has 34 heavy (non-hydrogen) atoms. The lowest BCUT2D eigenvalue weighted by atomic mass is 9.97. The lowest BCUT2D eigenvalue weighted by Gasteiger charge is -2.34. The summed E-state index contributed by atoms with van der Waals surface area (Å²) in [6.45, 7) is 8.67. The van der Waals surface area contributed by atoms with Crippen molar-refractivity contribution in [1.82, 2.24) is 14.1 Å². The lowest BCUT2D eigenvalue weighted by Crippen LogP contribution is -2.45. The van der Waals surface area contributed by atoms with Crippen LogP contribution in [-0.2, 0) is 27.9 Å². The average Bonchev–Trinajstić information content (AvgIpc) is 2.87. The fraction of sp³-hybridized carbons (Fsp3) is 0.500. The van der Waals surface area contributed by atoms with Gasteiger partial charge in [0.25, 0.3) is 0 Å². The molecule has 0 unspecified atom stereocenters. The molecule has 2 fully saturated rings. The maximum Gasteiger partial charge on any atom is 0.227 e. The van der Waals surface area contributed by atoms with E-state index in [1.807, 2.05) is 12.1 Å². The van der Waals surface area contributed by atoms with Crippen molar-refractivity contribution < 1.29 is 13.2 Å². The van der Waals surface area contributed by atoms with Gasteiger partial charge in [0.05, 0.1) is 5.75 Å². The van der Waals surface area contributed by atoms with Crippen molar-refractivity contribution in [1.29, 1.82) is 0 Å². The molecule has 0 bridgehead atoms. The zero-order valence-corrected chi connectivity index (χ0v) is 20.8. The molecule has 2 aliphatic rings. The first-order chi connectivity index (χ1) is 16.4. The molecular formula is C26H36N4O3S. The molecule has 2 aromatic carbocycles. The molecule has 8 heteroatoms. The Kier molecular flexibility index (Phi) is 8.37. The third-order valence-corrected chi connectivity index (χ3v) is 8.81. The van der Waals surface area contributed by atoms with Gasteiger partial charge in [-0.05, 0) is 43.0 Å². The Morgan fingerprint density at radius 2 is 1.35 bits per heavy atom. The smallest absolute Gasteiger partial charge is 0.227 e. The molecular weight excluding hydrogens is 448 g/mol. The number of benzene rings is 2. The van der Waals surface area contributed by atoms with Crippen molar-refractivity contribution >= 4 is 21.6 Å². The summed E-state index contributed by atoms with van der Waals surface area (Å²) in [5, 5.41) is 3.01. The van der Waals surface area contributed by atoms with Crippen LogP contribution in [0, 0.1) is 5.92 Å². The number of hydrogen-bond acceptors (Lipinski definition) is 5. The summed E-state index contributed by atoms with van der Waals surface area (Å²) in [5.74, 6) is -0.0504. The monoisotopic (exact) mass is 484 g/mol. The number of nitrogens with zero attached hydrogens (tertiary/aromatic N) is 3. The van der Waals surface area contributed by atoms with Crippen LogP contribution in [-0.4, -0.2) is 73.5 Å². The van der Waals surface area contributed by atoms with E-state index in [0.29, 0.717) is 25.9 Å². The Labute approximate surface area is 203 Å². The molecule has 2 saturated heterocycles. The van der Waals surface area contributed by atoms with Crippen molar-refractivity contribution in [2.75, 3.05) is 50.3 Å².